The molecule has 2 aliphatic heterocycles. The SMILES string of the molecule is Cc1ccnc(N2CC3(CC(c4nnc5n4-c4ccc(Cl)cc4CN(C46CC7(C(F)(F)F)CC47C6)C5)C3)C2)n1. The van der Waals surface area contributed by atoms with Crippen LogP contribution in [0, 0.1) is 23.2 Å². The Kier molecular flexibility index (Phi) is 4.00. The molecular formula is C28H27ClF3N7. The van der Waals surface area contributed by atoms with Gasteiger partial charge in [-0.05, 0) is 68.9 Å². The van der Waals surface area contributed by atoms with Gasteiger partial charge in [-0.15, -0.1) is 10.2 Å². The van der Waals surface area contributed by atoms with Crippen LogP contribution in [0.3, 0.4) is 0 Å². The Labute approximate surface area is 228 Å². The molecule has 1 aromatic carbocycles. The highest BCUT2D eigenvalue weighted by atomic mass is 35.5. The summed E-state index contributed by atoms with van der Waals surface area (Å²) in [7, 11) is 0. The van der Waals surface area contributed by atoms with Gasteiger partial charge in [0.1, 0.15) is 5.82 Å². The monoisotopic (exact) mass is 553 g/mol. The number of hydrogen-bond acceptors (Lipinski definition) is 6. The van der Waals surface area contributed by atoms with Crippen LogP contribution >= 0.6 is 11.6 Å². The van der Waals surface area contributed by atoms with Crippen molar-refractivity contribution < 1.29 is 13.2 Å². The number of halogens is 4. The summed E-state index contributed by atoms with van der Waals surface area (Å²) in [5.41, 5.74) is 0.832. The normalized spacial score (nSPS) is 33.6. The summed E-state index contributed by atoms with van der Waals surface area (Å²) in [5, 5.41) is 9.95. The van der Waals surface area contributed by atoms with Crippen LogP contribution in [0.2, 0.25) is 5.02 Å². The second-order valence-corrected chi connectivity index (χ2v) is 13.6. The quantitative estimate of drug-likeness (QED) is 0.444. The number of hydrogen-bond donors (Lipinski definition) is 0. The molecule has 4 aliphatic carbocycles. The maximum absolute atomic E-state index is 13.8. The topological polar surface area (TPSA) is 63.0 Å². The minimum atomic E-state index is -4.12. The lowest BCUT2D eigenvalue weighted by molar-refractivity contribution is -0.220. The molecule has 3 atom stereocenters. The molecule has 7 nitrogen and oxygen atoms in total. The van der Waals surface area contributed by atoms with Gasteiger partial charge in [-0.3, -0.25) is 9.47 Å². The van der Waals surface area contributed by atoms with Crippen molar-refractivity contribution in [3.8, 4) is 5.69 Å². The van der Waals surface area contributed by atoms with E-state index in [0.717, 1.165) is 60.5 Å². The molecular weight excluding hydrogens is 527 g/mol. The third kappa shape index (κ3) is 2.70. The van der Waals surface area contributed by atoms with E-state index in [1.54, 1.807) is 0 Å². The fourth-order valence-corrected chi connectivity index (χ4v) is 9.33. The van der Waals surface area contributed by atoms with Gasteiger partial charge in [0.2, 0.25) is 5.95 Å². The number of aromatic nitrogens is 5. The van der Waals surface area contributed by atoms with E-state index >= 15 is 0 Å². The van der Waals surface area contributed by atoms with Crippen molar-refractivity contribution in [1.82, 2.24) is 29.6 Å². The van der Waals surface area contributed by atoms with Crippen LogP contribution in [0.25, 0.3) is 5.69 Å². The second kappa shape index (κ2) is 6.77. The molecule has 2 spiro atoms. The maximum atomic E-state index is 13.8. The van der Waals surface area contributed by atoms with Crippen LogP contribution in [0.15, 0.2) is 30.5 Å². The van der Waals surface area contributed by atoms with E-state index in [0.29, 0.717) is 24.5 Å². The Morgan fingerprint density at radius 3 is 2.56 bits per heavy atom. The van der Waals surface area contributed by atoms with E-state index < -0.39 is 17.0 Å². The standard InChI is InChI=1S/C28H27ClF3N7/c1-16-4-5-33-23(34-16)37-14-24(15-37)7-18(8-24)22-36-35-21-10-38(9-17-6-19(29)2-3-20(17)39(21)22)27-12-25(27)11-26(25,13-27)28(30,31)32/h2-6,18H,7-15H2,1H3. The van der Waals surface area contributed by atoms with E-state index in [4.69, 9.17) is 11.6 Å². The summed E-state index contributed by atoms with van der Waals surface area (Å²) >= 11 is 6.42. The first-order valence-electron chi connectivity index (χ1n) is 13.7. The summed E-state index contributed by atoms with van der Waals surface area (Å²) < 4.78 is 43.7. The summed E-state index contributed by atoms with van der Waals surface area (Å²) in [6.07, 6.45) is 0.854. The van der Waals surface area contributed by atoms with Gasteiger partial charge in [-0.25, -0.2) is 9.97 Å². The largest absolute Gasteiger partial charge is 0.395 e. The Morgan fingerprint density at radius 1 is 1.03 bits per heavy atom. The van der Waals surface area contributed by atoms with E-state index in [2.05, 4.69) is 34.5 Å². The number of anilines is 1. The molecule has 9 rings (SSSR count). The third-order valence-corrected chi connectivity index (χ3v) is 11.3. The molecule has 11 heteroatoms. The van der Waals surface area contributed by atoms with E-state index in [1.807, 2.05) is 37.4 Å². The number of fused-ring (bicyclic) bond motifs is 3. The molecule has 4 saturated carbocycles. The van der Waals surface area contributed by atoms with Crippen LogP contribution in [0.5, 0.6) is 0 Å². The number of benzene rings is 1. The van der Waals surface area contributed by atoms with Gasteiger partial charge in [-0.1, -0.05) is 11.6 Å². The van der Waals surface area contributed by atoms with Crippen molar-refractivity contribution in [3.63, 3.8) is 0 Å². The lowest BCUT2D eigenvalue weighted by Gasteiger charge is -2.58. The van der Waals surface area contributed by atoms with Crippen molar-refractivity contribution in [2.24, 2.45) is 16.2 Å². The minimum absolute atomic E-state index is 0.201. The lowest BCUT2D eigenvalue weighted by Crippen LogP contribution is -2.62. The van der Waals surface area contributed by atoms with Crippen LogP contribution in [0.4, 0.5) is 19.1 Å². The molecule has 0 N–H and O–H groups in total. The molecule has 1 saturated heterocycles. The molecule has 4 heterocycles. The smallest absolute Gasteiger partial charge is 0.340 e. The zero-order chi connectivity index (χ0) is 26.6. The first-order chi connectivity index (χ1) is 18.6. The van der Waals surface area contributed by atoms with E-state index in [-0.39, 0.29) is 29.7 Å². The maximum Gasteiger partial charge on any atom is 0.395 e. The number of alkyl halides is 3. The summed E-state index contributed by atoms with van der Waals surface area (Å²) in [5.74, 6) is 2.86. The zero-order valence-corrected chi connectivity index (χ0v) is 22.2. The first kappa shape index (κ1) is 23.0. The molecule has 6 aliphatic rings. The van der Waals surface area contributed by atoms with Crippen LogP contribution < -0.4 is 4.90 Å². The molecule has 2 aromatic heterocycles. The number of nitrogens with zero attached hydrogens (tertiary/aromatic N) is 7. The van der Waals surface area contributed by atoms with Crippen molar-refractivity contribution in [2.45, 2.75) is 69.8 Å². The number of rotatable bonds is 3. The first-order valence-corrected chi connectivity index (χ1v) is 14.1. The zero-order valence-electron chi connectivity index (χ0n) is 21.5. The molecule has 3 unspecified atom stereocenters. The molecule has 39 heavy (non-hydrogen) atoms. The van der Waals surface area contributed by atoms with Gasteiger partial charge < -0.3 is 4.90 Å². The third-order valence-electron chi connectivity index (χ3n) is 11.1. The van der Waals surface area contributed by atoms with Crippen molar-refractivity contribution in [2.75, 3.05) is 18.0 Å². The van der Waals surface area contributed by atoms with Crippen LogP contribution in [0.1, 0.15) is 60.9 Å². The fourth-order valence-electron chi connectivity index (χ4n) is 9.13. The average molecular weight is 554 g/mol. The Bertz CT molecular complexity index is 1570. The van der Waals surface area contributed by atoms with Gasteiger partial charge in [0, 0.05) is 58.8 Å². The molecule has 5 fully saturated rings. The molecule has 202 valence electrons. The van der Waals surface area contributed by atoms with E-state index in [9.17, 15) is 13.2 Å². The van der Waals surface area contributed by atoms with Crippen molar-refractivity contribution in [1.29, 1.82) is 0 Å². The molecule has 3 aromatic rings. The fraction of sp³-hybridized carbons (Fsp3) is 0.571. The highest BCUT2D eigenvalue weighted by Crippen LogP contribution is 3.00. The Morgan fingerprint density at radius 2 is 1.85 bits per heavy atom. The summed E-state index contributed by atoms with van der Waals surface area (Å²) in [6.45, 7) is 4.95. The van der Waals surface area contributed by atoms with Gasteiger partial charge in [0.25, 0.3) is 0 Å². The second-order valence-electron chi connectivity index (χ2n) is 13.1. The predicted octanol–water partition coefficient (Wildman–Crippen LogP) is 5.20. The lowest BCUT2D eigenvalue weighted by atomic mass is 9.57. The van der Waals surface area contributed by atoms with Gasteiger partial charge in [-0.2, -0.15) is 13.2 Å². The predicted molar refractivity (Wildman–Crippen MR) is 137 cm³/mol. The molecule has 0 radical (unpaired) electrons. The summed E-state index contributed by atoms with van der Waals surface area (Å²) in [4.78, 5) is 13.5. The highest BCUT2D eigenvalue weighted by Gasteiger charge is 3.03. The van der Waals surface area contributed by atoms with Gasteiger partial charge in [0.15, 0.2) is 5.82 Å². The summed E-state index contributed by atoms with van der Waals surface area (Å²) in [6, 6.07) is 7.77. The number of aryl methyl sites for hydroxylation is 1. The van der Waals surface area contributed by atoms with Crippen molar-refractivity contribution >= 4 is 17.5 Å². The van der Waals surface area contributed by atoms with E-state index in [1.165, 1.54) is 0 Å². The van der Waals surface area contributed by atoms with Crippen molar-refractivity contribution in [3.05, 3.63) is 58.4 Å². The average Bonchev–Trinajstić information content (AvgIpc) is 3.52. The molecule has 0 bridgehead atoms. The Hall–Kier alpha value is -2.72. The highest BCUT2D eigenvalue weighted by molar-refractivity contribution is 6.30. The van der Waals surface area contributed by atoms with Gasteiger partial charge in [0.05, 0.1) is 17.6 Å². The Balaban J connectivity index is 0.996. The van der Waals surface area contributed by atoms with Crippen LogP contribution in [-0.4, -0.2) is 54.4 Å². The van der Waals surface area contributed by atoms with Crippen LogP contribution in [-0.2, 0) is 13.1 Å². The molecule has 0 amide bonds. The van der Waals surface area contributed by atoms with Gasteiger partial charge >= 0.3 is 6.18 Å². The minimum Gasteiger partial charge on any atom is -0.340 e.